The van der Waals surface area contributed by atoms with E-state index in [-0.39, 0.29) is 10.6 Å². The average molecular weight is 293 g/mol. The van der Waals surface area contributed by atoms with E-state index in [1.165, 1.54) is 0 Å². The molecule has 2 rings (SSSR count). The molecule has 1 aliphatic heterocycles. The van der Waals surface area contributed by atoms with Crippen LogP contribution in [-0.2, 0) is 0 Å². The monoisotopic (exact) mass is 293 g/mol. The van der Waals surface area contributed by atoms with Crippen molar-refractivity contribution in [3.8, 4) is 5.75 Å². The van der Waals surface area contributed by atoms with E-state index in [1.54, 1.807) is 6.07 Å². The van der Waals surface area contributed by atoms with Crippen LogP contribution in [0.5, 0.6) is 5.75 Å². The summed E-state index contributed by atoms with van der Waals surface area (Å²) in [6.07, 6.45) is 1.83. The molecule has 0 spiro atoms. The number of anilines is 1. The largest absolute Gasteiger partial charge is 0.487 e. The maximum absolute atomic E-state index is 11.5. The molecule has 1 unspecified atom stereocenters. The summed E-state index contributed by atoms with van der Waals surface area (Å²) in [5, 5.41) is 14.8. The Morgan fingerprint density at radius 3 is 2.86 bits per heavy atom. The molecule has 116 valence electrons. The van der Waals surface area contributed by atoms with E-state index in [2.05, 4.69) is 10.2 Å². The first-order valence-electron chi connectivity index (χ1n) is 7.56. The molecule has 0 saturated carbocycles. The molecule has 1 saturated heterocycles. The van der Waals surface area contributed by atoms with E-state index in [9.17, 15) is 10.1 Å². The lowest BCUT2D eigenvalue weighted by Crippen LogP contribution is -2.37. The molecule has 1 heterocycles. The summed E-state index contributed by atoms with van der Waals surface area (Å²) >= 11 is 0. The van der Waals surface area contributed by atoms with Crippen LogP contribution in [0.2, 0.25) is 0 Å². The van der Waals surface area contributed by atoms with Crippen LogP contribution in [0.4, 0.5) is 11.4 Å². The molecule has 6 nitrogen and oxygen atoms in total. The Balaban J connectivity index is 2.38. The first-order chi connectivity index (χ1) is 10.2. The van der Waals surface area contributed by atoms with Gasteiger partial charge in [-0.1, -0.05) is 13.0 Å². The van der Waals surface area contributed by atoms with Gasteiger partial charge in [-0.3, -0.25) is 10.1 Å². The van der Waals surface area contributed by atoms with Crippen molar-refractivity contribution in [3.63, 3.8) is 0 Å². The first kappa shape index (κ1) is 15.6. The highest BCUT2D eigenvalue weighted by Crippen LogP contribution is 2.38. The molecule has 1 N–H and O–H groups in total. The quantitative estimate of drug-likeness (QED) is 0.618. The Labute approximate surface area is 125 Å². The molecular weight excluding hydrogens is 270 g/mol. The zero-order valence-corrected chi connectivity index (χ0v) is 12.7. The average Bonchev–Trinajstić information content (AvgIpc) is 2.99. The smallest absolute Gasteiger partial charge is 0.333 e. The maximum atomic E-state index is 11.5. The van der Waals surface area contributed by atoms with Crippen molar-refractivity contribution in [2.45, 2.75) is 32.7 Å². The Bertz CT molecular complexity index is 487. The van der Waals surface area contributed by atoms with Gasteiger partial charge >= 0.3 is 5.69 Å². The van der Waals surface area contributed by atoms with Crippen molar-refractivity contribution in [2.24, 2.45) is 0 Å². The fraction of sp³-hybridized carbons (Fsp3) is 0.600. The molecule has 0 radical (unpaired) electrons. The number of para-hydroxylation sites is 1. The van der Waals surface area contributed by atoms with E-state index >= 15 is 0 Å². The van der Waals surface area contributed by atoms with Crippen LogP contribution in [-0.4, -0.2) is 37.2 Å². The second-order valence-electron chi connectivity index (χ2n) is 5.16. The number of rotatable bonds is 7. The minimum absolute atomic E-state index is 0.0831. The number of nitrogens with one attached hydrogen (secondary N) is 1. The van der Waals surface area contributed by atoms with Gasteiger partial charge in [0.1, 0.15) is 5.69 Å². The van der Waals surface area contributed by atoms with Gasteiger partial charge in [-0.15, -0.1) is 0 Å². The van der Waals surface area contributed by atoms with Gasteiger partial charge in [-0.2, -0.15) is 0 Å². The summed E-state index contributed by atoms with van der Waals surface area (Å²) in [6, 6.07) is 5.63. The minimum Gasteiger partial charge on any atom is -0.487 e. The summed E-state index contributed by atoms with van der Waals surface area (Å²) in [5.41, 5.74) is 0.740. The lowest BCUT2D eigenvalue weighted by Gasteiger charge is -2.29. The van der Waals surface area contributed by atoms with Crippen LogP contribution in [0.15, 0.2) is 18.2 Å². The number of likely N-dealkylation sites (N-methyl/N-ethyl adjacent to an activating group) is 1. The predicted octanol–water partition coefficient (Wildman–Crippen LogP) is 2.57. The van der Waals surface area contributed by atoms with E-state index in [4.69, 9.17) is 4.74 Å². The molecule has 0 amide bonds. The van der Waals surface area contributed by atoms with Crippen molar-refractivity contribution in [2.75, 3.05) is 31.1 Å². The van der Waals surface area contributed by atoms with Gasteiger partial charge in [0.05, 0.1) is 11.5 Å². The van der Waals surface area contributed by atoms with Crippen LogP contribution < -0.4 is 15.0 Å². The summed E-state index contributed by atoms with van der Waals surface area (Å²) in [7, 11) is 0. The fourth-order valence-electron chi connectivity index (χ4n) is 2.79. The van der Waals surface area contributed by atoms with Crippen LogP contribution in [0.3, 0.4) is 0 Å². The van der Waals surface area contributed by atoms with E-state index in [0.29, 0.717) is 24.1 Å². The summed E-state index contributed by atoms with van der Waals surface area (Å²) in [6.45, 7) is 7.07. The molecule has 1 aliphatic rings. The van der Waals surface area contributed by atoms with Gasteiger partial charge in [0.2, 0.25) is 0 Å². The van der Waals surface area contributed by atoms with Crippen molar-refractivity contribution < 1.29 is 9.66 Å². The van der Waals surface area contributed by atoms with Gasteiger partial charge < -0.3 is 15.0 Å². The van der Waals surface area contributed by atoms with Crippen LogP contribution in [0.1, 0.15) is 26.7 Å². The normalized spacial score (nSPS) is 17.7. The third-order valence-electron chi connectivity index (χ3n) is 3.75. The van der Waals surface area contributed by atoms with E-state index in [0.717, 1.165) is 32.5 Å². The molecule has 0 bridgehead atoms. The number of nitro benzene ring substituents is 1. The Morgan fingerprint density at radius 2 is 2.29 bits per heavy atom. The Morgan fingerprint density at radius 1 is 1.48 bits per heavy atom. The topological polar surface area (TPSA) is 67.6 Å². The van der Waals surface area contributed by atoms with Crippen LogP contribution >= 0.6 is 0 Å². The molecule has 1 atom stereocenters. The molecule has 1 aromatic rings. The Hall–Kier alpha value is -1.82. The van der Waals surface area contributed by atoms with Crippen molar-refractivity contribution >= 4 is 11.4 Å². The fourth-order valence-corrected chi connectivity index (χ4v) is 2.79. The molecule has 0 aliphatic carbocycles. The second-order valence-corrected chi connectivity index (χ2v) is 5.16. The highest BCUT2D eigenvalue weighted by Gasteiger charge is 2.29. The number of hydrogen-bond acceptors (Lipinski definition) is 5. The third kappa shape index (κ3) is 3.44. The van der Waals surface area contributed by atoms with Crippen LogP contribution in [0, 0.1) is 10.1 Å². The Kier molecular flexibility index (Phi) is 5.38. The zero-order chi connectivity index (χ0) is 15.2. The van der Waals surface area contributed by atoms with Crippen molar-refractivity contribution in [1.82, 2.24) is 5.32 Å². The number of ether oxygens (including phenoxy) is 1. The predicted molar refractivity (Wildman–Crippen MR) is 83.2 cm³/mol. The lowest BCUT2D eigenvalue weighted by atomic mass is 10.1. The minimum atomic E-state index is -0.328. The summed E-state index contributed by atoms with van der Waals surface area (Å²) < 4.78 is 5.56. The van der Waals surface area contributed by atoms with Gasteiger partial charge in [-0.05, 0) is 38.4 Å². The van der Waals surface area contributed by atoms with Crippen molar-refractivity contribution in [1.29, 1.82) is 0 Å². The summed E-state index contributed by atoms with van der Waals surface area (Å²) in [4.78, 5) is 13.3. The van der Waals surface area contributed by atoms with Crippen molar-refractivity contribution in [3.05, 3.63) is 28.3 Å². The highest BCUT2D eigenvalue weighted by molar-refractivity contribution is 5.70. The number of hydrogen-bond donors (Lipinski definition) is 1. The molecule has 6 heteroatoms. The summed E-state index contributed by atoms with van der Waals surface area (Å²) in [5.74, 6) is 0.365. The maximum Gasteiger partial charge on any atom is 0.333 e. The third-order valence-corrected chi connectivity index (χ3v) is 3.75. The molecule has 21 heavy (non-hydrogen) atoms. The van der Waals surface area contributed by atoms with Gasteiger partial charge in [0, 0.05) is 19.1 Å². The molecule has 0 aromatic heterocycles. The molecule has 1 aromatic carbocycles. The lowest BCUT2D eigenvalue weighted by molar-refractivity contribution is -0.385. The second kappa shape index (κ2) is 7.26. The van der Waals surface area contributed by atoms with Gasteiger partial charge in [0.25, 0.3) is 0 Å². The van der Waals surface area contributed by atoms with Crippen LogP contribution in [0.25, 0.3) is 0 Å². The highest BCUT2D eigenvalue weighted by atomic mass is 16.6. The number of nitrogens with zero attached hydrogens (tertiary/aromatic N) is 2. The van der Waals surface area contributed by atoms with E-state index < -0.39 is 0 Å². The molecule has 1 fully saturated rings. The number of nitro groups is 1. The number of benzene rings is 1. The first-order valence-corrected chi connectivity index (χ1v) is 7.56. The van der Waals surface area contributed by atoms with E-state index in [1.807, 2.05) is 26.0 Å². The SMILES string of the molecule is CCCOc1cccc(N(CC)C2CCNC2)c1[N+](=O)[O-]. The van der Waals surface area contributed by atoms with Gasteiger partial charge in [-0.25, -0.2) is 0 Å². The molecular formula is C15H23N3O3. The standard InChI is InChI=1S/C15H23N3O3/c1-3-10-21-14-7-5-6-13(15(14)18(19)20)17(4-2)12-8-9-16-11-12/h5-7,12,16H,3-4,8-11H2,1-2H3. The van der Waals surface area contributed by atoms with Gasteiger partial charge in [0.15, 0.2) is 5.75 Å². The zero-order valence-electron chi connectivity index (χ0n) is 12.7.